The highest BCUT2D eigenvalue weighted by Crippen LogP contribution is 2.23. The van der Waals surface area contributed by atoms with Crippen LogP contribution in [0, 0.1) is 13.8 Å². The molecule has 1 N–H and O–H groups in total. The normalized spacial score (nSPS) is 15.7. The van der Waals surface area contributed by atoms with Crippen molar-refractivity contribution in [2.75, 3.05) is 13.1 Å². The number of hydrogen-bond acceptors (Lipinski definition) is 4. The lowest BCUT2D eigenvalue weighted by atomic mass is 10.0. The molecule has 1 amide bonds. The van der Waals surface area contributed by atoms with E-state index >= 15 is 0 Å². The molecular weight excluding hydrogens is 328 g/mol. The summed E-state index contributed by atoms with van der Waals surface area (Å²) in [6, 6.07) is 4.56. The number of amides is 1. The molecule has 7 nitrogen and oxygen atoms in total. The molecule has 4 rings (SSSR count). The Kier molecular flexibility index (Phi) is 4.44. The molecule has 0 radical (unpaired) electrons. The van der Waals surface area contributed by atoms with Crippen LogP contribution in [0.4, 0.5) is 0 Å². The lowest BCUT2D eigenvalue weighted by molar-refractivity contribution is -0.132. The molecule has 1 aromatic carbocycles. The summed E-state index contributed by atoms with van der Waals surface area (Å²) in [5.74, 6) is 1.10. The fourth-order valence-electron chi connectivity index (χ4n) is 3.68. The van der Waals surface area contributed by atoms with Crippen LogP contribution in [0.1, 0.15) is 42.3 Å². The van der Waals surface area contributed by atoms with Crippen LogP contribution in [-0.4, -0.2) is 48.6 Å². The first-order valence-corrected chi connectivity index (χ1v) is 9.18. The monoisotopic (exact) mass is 352 g/mol. The van der Waals surface area contributed by atoms with Crippen LogP contribution in [0.3, 0.4) is 0 Å². The summed E-state index contributed by atoms with van der Waals surface area (Å²) in [7, 11) is 0. The first-order valence-electron chi connectivity index (χ1n) is 9.18. The number of carbonyl (C=O) groups is 1. The summed E-state index contributed by atoms with van der Waals surface area (Å²) >= 11 is 0. The van der Waals surface area contributed by atoms with Gasteiger partial charge >= 0.3 is 0 Å². The summed E-state index contributed by atoms with van der Waals surface area (Å²) in [6.45, 7) is 5.77. The van der Waals surface area contributed by atoms with E-state index in [1.165, 1.54) is 11.1 Å². The third-order valence-electron chi connectivity index (χ3n) is 5.48. The number of carbonyl (C=O) groups excluding carboxylic acids is 1. The van der Waals surface area contributed by atoms with Gasteiger partial charge in [0.15, 0.2) is 0 Å². The van der Waals surface area contributed by atoms with Gasteiger partial charge in [0.2, 0.25) is 5.91 Å². The molecular formula is C19H24N6O. The van der Waals surface area contributed by atoms with Crippen molar-refractivity contribution in [3.63, 3.8) is 0 Å². The van der Waals surface area contributed by atoms with Gasteiger partial charge in [-0.25, -0.2) is 4.98 Å². The van der Waals surface area contributed by atoms with E-state index in [1.807, 2.05) is 9.47 Å². The molecule has 3 aromatic rings. The maximum atomic E-state index is 12.6. The maximum absolute atomic E-state index is 12.6. The number of aromatic amines is 1. The fourth-order valence-corrected chi connectivity index (χ4v) is 3.68. The number of piperidine rings is 1. The number of aromatic nitrogens is 5. The minimum Gasteiger partial charge on any atom is -0.343 e. The van der Waals surface area contributed by atoms with Gasteiger partial charge in [-0.05, 0) is 43.9 Å². The third kappa shape index (κ3) is 3.21. The third-order valence-corrected chi connectivity index (χ3v) is 5.48. The molecule has 1 saturated heterocycles. The molecule has 0 saturated carbocycles. The zero-order valence-corrected chi connectivity index (χ0v) is 15.3. The van der Waals surface area contributed by atoms with Crippen molar-refractivity contribution < 1.29 is 4.79 Å². The van der Waals surface area contributed by atoms with E-state index in [4.69, 9.17) is 4.98 Å². The van der Waals surface area contributed by atoms with Gasteiger partial charge in [0.05, 0.1) is 11.0 Å². The van der Waals surface area contributed by atoms with Crippen LogP contribution in [0.5, 0.6) is 0 Å². The highest BCUT2D eigenvalue weighted by Gasteiger charge is 2.23. The van der Waals surface area contributed by atoms with Crippen molar-refractivity contribution >= 4 is 16.9 Å². The van der Waals surface area contributed by atoms with Crippen molar-refractivity contribution in [3.8, 4) is 0 Å². The molecule has 7 heteroatoms. The standard InChI is InChI=1S/C19H24N6O/c1-13-3-4-16-19(14(13)2)23-17(22-16)5-6-18(26)24-9-7-15(8-10-24)25-11-20-21-12-25/h3-4,11-12,15H,5-10H2,1-2H3,(H,22,23). The SMILES string of the molecule is Cc1ccc2[nH]c(CCC(=O)N3CCC(n4cnnc4)CC3)nc2c1C. The van der Waals surface area contributed by atoms with E-state index < -0.39 is 0 Å². The minimum absolute atomic E-state index is 0.209. The van der Waals surface area contributed by atoms with Gasteiger partial charge in [0.1, 0.15) is 18.5 Å². The first kappa shape index (κ1) is 16.8. The zero-order valence-electron chi connectivity index (χ0n) is 15.3. The molecule has 1 aliphatic heterocycles. The van der Waals surface area contributed by atoms with Crippen molar-refractivity contribution in [1.82, 2.24) is 29.6 Å². The van der Waals surface area contributed by atoms with Crippen LogP contribution >= 0.6 is 0 Å². The zero-order chi connectivity index (χ0) is 18.1. The number of likely N-dealkylation sites (tertiary alicyclic amines) is 1. The first-order chi connectivity index (χ1) is 12.6. The minimum atomic E-state index is 0.209. The van der Waals surface area contributed by atoms with Gasteiger partial charge in [-0.3, -0.25) is 4.79 Å². The lowest BCUT2D eigenvalue weighted by Crippen LogP contribution is -2.39. The number of aryl methyl sites for hydroxylation is 3. The Labute approximate surface area is 152 Å². The molecule has 1 aliphatic rings. The number of rotatable bonds is 4. The number of H-pyrrole nitrogens is 1. The van der Waals surface area contributed by atoms with E-state index in [2.05, 4.69) is 41.2 Å². The van der Waals surface area contributed by atoms with E-state index in [-0.39, 0.29) is 5.91 Å². The Morgan fingerprint density at radius 3 is 2.65 bits per heavy atom. The molecule has 0 spiro atoms. The molecule has 0 bridgehead atoms. The van der Waals surface area contributed by atoms with Gasteiger partial charge in [-0.15, -0.1) is 10.2 Å². The van der Waals surface area contributed by atoms with E-state index in [0.717, 1.165) is 42.8 Å². The average Bonchev–Trinajstić information content (AvgIpc) is 3.33. The second-order valence-electron chi connectivity index (χ2n) is 7.11. The highest BCUT2D eigenvalue weighted by molar-refractivity contribution is 5.80. The van der Waals surface area contributed by atoms with Gasteiger partial charge in [0, 0.05) is 32.0 Å². The van der Waals surface area contributed by atoms with E-state index in [1.54, 1.807) is 12.7 Å². The number of imidazole rings is 1. The Morgan fingerprint density at radius 2 is 1.92 bits per heavy atom. The van der Waals surface area contributed by atoms with Crippen molar-refractivity contribution in [2.24, 2.45) is 0 Å². The Bertz CT molecular complexity index is 906. The van der Waals surface area contributed by atoms with Gasteiger partial charge in [-0.2, -0.15) is 0 Å². The molecule has 1 fully saturated rings. The van der Waals surface area contributed by atoms with Crippen molar-refractivity contribution in [3.05, 3.63) is 41.7 Å². The smallest absolute Gasteiger partial charge is 0.223 e. The maximum Gasteiger partial charge on any atom is 0.223 e. The number of nitrogens with zero attached hydrogens (tertiary/aromatic N) is 5. The van der Waals surface area contributed by atoms with E-state index in [9.17, 15) is 4.79 Å². The van der Waals surface area contributed by atoms with Crippen LogP contribution in [0.15, 0.2) is 24.8 Å². The summed E-state index contributed by atoms with van der Waals surface area (Å²) < 4.78 is 2.04. The predicted octanol–water partition coefficient (Wildman–Crippen LogP) is 2.57. The summed E-state index contributed by atoms with van der Waals surface area (Å²) in [5, 5.41) is 7.73. The average molecular weight is 352 g/mol. The Morgan fingerprint density at radius 1 is 1.19 bits per heavy atom. The van der Waals surface area contributed by atoms with Crippen LogP contribution in [0.2, 0.25) is 0 Å². The van der Waals surface area contributed by atoms with Gasteiger partial charge in [0.25, 0.3) is 0 Å². The van der Waals surface area contributed by atoms with Crippen LogP contribution in [0.25, 0.3) is 11.0 Å². The summed E-state index contributed by atoms with van der Waals surface area (Å²) in [5.41, 5.74) is 4.50. The predicted molar refractivity (Wildman–Crippen MR) is 98.8 cm³/mol. The summed E-state index contributed by atoms with van der Waals surface area (Å²) in [6.07, 6.45) is 6.56. The number of benzene rings is 1. The highest BCUT2D eigenvalue weighted by atomic mass is 16.2. The topological polar surface area (TPSA) is 79.7 Å². The molecule has 136 valence electrons. The lowest BCUT2D eigenvalue weighted by Gasteiger charge is -2.32. The Hall–Kier alpha value is -2.70. The number of fused-ring (bicyclic) bond motifs is 1. The largest absolute Gasteiger partial charge is 0.343 e. The quantitative estimate of drug-likeness (QED) is 0.783. The van der Waals surface area contributed by atoms with E-state index in [0.29, 0.717) is 18.9 Å². The van der Waals surface area contributed by atoms with Gasteiger partial charge in [-0.1, -0.05) is 6.07 Å². The van der Waals surface area contributed by atoms with Crippen LogP contribution < -0.4 is 0 Å². The molecule has 2 aromatic heterocycles. The molecule has 26 heavy (non-hydrogen) atoms. The van der Waals surface area contributed by atoms with Crippen molar-refractivity contribution in [2.45, 2.75) is 45.6 Å². The van der Waals surface area contributed by atoms with Crippen molar-refractivity contribution in [1.29, 1.82) is 0 Å². The Balaban J connectivity index is 1.34. The second-order valence-corrected chi connectivity index (χ2v) is 7.11. The molecule has 0 unspecified atom stereocenters. The number of hydrogen-bond donors (Lipinski definition) is 1. The second kappa shape index (κ2) is 6.90. The molecule has 0 atom stereocenters. The number of nitrogens with one attached hydrogen (secondary N) is 1. The molecule has 0 aliphatic carbocycles. The van der Waals surface area contributed by atoms with Crippen LogP contribution in [-0.2, 0) is 11.2 Å². The summed E-state index contributed by atoms with van der Waals surface area (Å²) in [4.78, 5) is 22.6. The van der Waals surface area contributed by atoms with Gasteiger partial charge < -0.3 is 14.5 Å². The fraction of sp³-hybridized carbons (Fsp3) is 0.474. The molecule has 3 heterocycles.